The van der Waals surface area contributed by atoms with Gasteiger partial charge in [0, 0.05) is 10.7 Å². The molecular weight excluding hydrogens is 350 g/mol. The molecule has 0 bridgehead atoms. The molecule has 0 radical (unpaired) electrons. The SMILES string of the molecule is COc1ccc(Cn2c(=O)[nH]c(=O)c3ncc(Br)cc32)cc1. The fourth-order valence-corrected chi connectivity index (χ4v) is 2.53. The van der Waals surface area contributed by atoms with Crippen LogP contribution < -0.4 is 16.0 Å². The van der Waals surface area contributed by atoms with E-state index in [1.165, 1.54) is 10.8 Å². The van der Waals surface area contributed by atoms with Gasteiger partial charge in [-0.15, -0.1) is 0 Å². The number of hydrogen-bond acceptors (Lipinski definition) is 4. The summed E-state index contributed by atoms with van der Waals surface area (Å²) >= 11 is 3.31. The summed E-state index contributed by atoms with van der Waals surface area (Å²) in [4.78, 5) is 30.3. The van der Waals surface area contributed by atoms with Crippen LogP contribution in [0.3, 0.4) is 0 Å². The molecule has 3 aromatic rings. The topological polar surface area (TPSA) is 77.0 Å². The summed E-state index contributed by atoms with van der Waals surface area (Å²) in [7, 11) is 1.60. The van der Waals surface area contributed by atoms with Crippen molar-refractivity contribution in [2.75, 3.05) is 7.11 Å². The van der Waals surface area contributed by atoms with Crippen molar-refractivity contribution in [1.82, 2.24) is 14.5 Å². The van der Waals surface area contributed by atoms with Gasteiger partial charge in [-0.3, -0.25) is 14.3 Å². The molecule has 0 saturated heterocycles. The van der Waals surface area contributed by atoms with Crippen LogP contribution in [-0.2, 0) is 6.54 Å². The summed E-state index contributed by atoms with van der Waals surface area (Å²) in [5.41, 5.74) is 0.679. The maximum atomic E-state index is 12.1. The van der Waals surface area contributed by atoms with Crippen LogP contribution in [0.5, 0.6) is 5.75 Å². The lowest BCUT2D eigenvalue weighted by Gasteiger charge is -2.10. The number of methoxy groups -OCH3 is 1. The number of pyridine rings is 1. The van der Waals surface area contributed by atoms with Crippen LogP contribution in [0, 0.1) is 0 Å². The van der Waals surface area contributed by atoms with E-state index in [0.29, 0.717) is 16.5 Å². The summed E-state index contributed by atoms with van der Waals surface area (Å²) in [6.45, 7) is 0.328. The van der Waals surface area contributed by atoms with E-state index in [0.717, 1.165) is 11.3 Å². The minimum absolute atomic E-state index is 0.233. The van der Waals surface area contributed by atoms with Crippen LogP contribution in [-0.4, -0.2) is 21.6 Å². The first-order valence-corrected chi connectivity index (χ1v) is 7.29. The first-order valence-electron chi connectivity index (χ1n) is 6.50. The second-order valence-electron chi connectivity index (χ2n) is 4.71. The Labute approximate surface area is 133 Å². The average Bonchev–Trinajstić information content (AvgIpc) is 2.51. The van der Waals surface area contributed by atoms with E-state index in [1.54, 1.807) is 13.2 Å². The fraction of sp³-hybridized carbons (Fsp3) is 0.133. The molecule has 7 heteroatoms. The van der Waals surface area contributed by atoms with Gasteiger partial charge in [-0.2, -0.15) is 0 Å². The first kappa shape index (κ1) is 14.5. The lowest BCUT2D eigenvalue weighted by Crippen LogP contribution is -2.31. The highest BCUT2D eigenvalue weighted by Crippen LogP contribution is 2.16. The number of benzene rings is 1. The Balaban J connectivity index is 2.15. The third-order valence-corrected chi connectivity index (χ3v) is 3.74. The quantitative estimate of drug-likeness (QED) is 0.772. The lowest BCUT2D eigenvalue weighted by atomic mass is 10.2. The zero-order valence-electron chi connectivity index (χ0n) is 11.7. The monoisotopic (exact) mass is 361 g/mol. The number of nitrogens with one attached hydrogen (secondary N) is 1. The number of halogens is 1. The number of hydrogen-bond donors (Lipinski definition) is 1. The Morgan fingerprint density at radius 3 is 2.68 bits per heavy atom. The minimum Gasteiger partial charge on any atom is -0.497 e. The first-order chi connectivity index (χ1) is 10.6. The van der Waals surface area contributed by atoms with E-state index in [2.05, 4.69) is 25.9 Å². The molecule has 112 valence electrons. The molecule has 0 aliphatic rings. The molecule has 0 aliphatic heterocycles. The number of rotatable bonds is 3. The van der Waals surface area contributed by atoms with Crippen molar-refractivity contribution in [3.05, 3.63) is 67.4 Å². The van der Waals surface area contributed by atoms with Crippen LogP contribution in [0.4, 0.5) is 0 Å². The van der Waals surface area contributed by atoms with Crippen molar-refractivity contribution in [2.45, 2.75) is 6.54 Å². The van der Waals surface area contributed by atoms with Crippen molar-refractivity contribution < 1.29 is 4.74 Å². The zero-order valence-corrected chi connectivity index (χ0v) is 13.3. The molecule has 0 amide bonds. The number of H-pyrrole nitrogens is 1. The van der Waals surface area contributed by atoms with Crippen LogP contribution in [0.1, 0.15) is 5.56 Å². The fourth-order valence-electron chi connectivity index (χ4n) is 2.21. The van der Waals surface area contributed by atoms with Gasteiger partial charge >= 0.3 is 5.69 Å². The van der Waals surface area contributed by atoms with Gasteiger partial charge in [0.05, 0.1) is 19.2 Å². The number of nitrogens with zero attached hydrogens (tertiary/aromatic N) is 2. The molecule has 1 aromatic carbocycles. The molecular formula is C15H12BrN3O3. The third-order valence-electron chi connectivity index (χ3n) is 3.31. The highest BCUT2D eigenvalue weighted by molar-refractivity contribution is 9.10. The zero-order chi connectivity index (χ0) is 15.7. The van der Waals surface area contributed by atoms with Gasteiger partial charge < -0.3 is 4.74 Å². The molecule has 0 atom stereocenters. The van der Waals surface area contributed by atoms with E-state index in [9.17, 15) is 9.59 Å². The lowest BCUT2D eigenvalue weighted by molar-refractivity contribution is 0.414. The Morgan fingerprint density at radius 2 is 2.00 bits per heavy atom. The highest BCUT2D eigenvalue weighted by atomic mass is 79.9. The van der Waals surface area contributed by atoms with Crippen LogP contribution >= 0.6 is 15.9 Å². The molecule has 0 unspecified atom stereocenters. The molecule has 3 rings (SSSR count). The predicted octanol–water partition coefficient (Wildman–Crippen LogP) is 1.90. The number of aromatic nitrogens is 3. The van der Waals surface area contributed by atoms with Gasteiger partial charge in [-0.05, 0) is 39.7 Å². The maximum absolute atomic E-state index is 12.1. The van der Waals surface area contributed by atoms with Crippen molar-refractivity contribution in [3.63, 3.8) is 0 Å². The van der Waals surface area contributed by atoms with E-state index in [4.69, 9.17) is 4.74 Å². The molecule has 0 spiro atoms. The van der Waals surface area contributed by atoms with Gasteiger partial charge in [0.25, 0.3) is 5.56 Å². The Kier molecular flexibility index (Phi) is 3.81. The van der Waals surface area contributed by atoms with Crippen molar-refractivity contribution in [3.8, 4) is 5.75 Å². The second-order valence-corrected chi connectivity index (χ2v) is 5.63. The Bertz CT molecular complexity index is 945. The van der Waals surface area contributed by atoms with Gasteiger partial charge in [0.15, 0.2) is 5.52 Å². The molecule has 2 heterocycles. The highest BCUT2D eigenvalue weighted by Gasteiger charge is 2.09. The van der Waals surface area contributed by atoms with Gasteiger partial charge in [0.2, 0.25) is 0 Å². The van der Waals surface area contributed by atoms with E-state index in [1.807, 2.05) is 24.3 Å². The number of ether oxygens (including phenoxy) is 1. The second kappa shape index (κ2) is 5.76. The van der Waals surface area contributed by atoms with Crippen LogP contribution in [0.2, 0.25) is 0 Å². The predicted molar refractivity (Wildman–Crippen MR) is 86.4 cm³/mol. The molecule has 6 nitrogen and oxygen atoms in total. The summed E-state index contributed by atoms with van der Waals surface area (Å²) < 4.78 is 7.30. The third kappa shape index (κ3) is 2.67. The van der Waals surface area contributed by atoms with Crippen molar-refractivity contribution in [2.24, 2.45) is 0 Å². The van der Waals surface area contributed by atoms with Gasteiger partial charge in [-0.25, -0.2) is 9.78 Å². The Hall–Kier alpha value is -2.41. The average molecular weight is 362 g/mol. The molecule has 0 fully saturated rings. The van der Waals surface area contributed by atoms with Crippen molar-refractivity contribution in [1.29, 1.82) is 0 Å². The van der Waals surface area contributed by atoms with E-state index >= 15 is 0 Å². The number of aromatic amines is 1. The van der Waals surface area contributed by atoms with Crippen molar-refractivity contribution >= 4 is 27.0 Å². The van der Waals surface area contributed by atoms with Crippen LogP contribution in [0.25, 0.3) is 11.0 Å². The Morgan fingerprint density at radius 1 is 1.27 bits per heavy atom. The molecule has 0 aliphatic carbocycles. The van der Waals surface area contributed by atoms with Gasteiger partial charge in [0.1, 0.15) is 5.75 Å². The standard InChI is InChI=1S/C15H12BrN3O3/c1-22-11-4-2-9(3-5-11)8-19-12-6-10(16)7-17-13(12)14(20)18-15(19)21/h2-7H,8H2,1H3,(H,18,20,21). The summed E-state index contributed by atoms with van der Waals surface area (Å²) in [6.07, 6.45) is 1.53. The van der Waals surface area contributed by atoms with E-state index < -0.39 is 11.2 Å². The molecule has 0 saturated carbocycles. The molecule has 22 heavy (non-hydrogen) atoms. The molecule has 2 aromatic heterocycles. The number of fused-ring (bicyclic) bond motifs is 1. The summed E-state index contributed by atoms with van der Waals surface area (Å²) in [5, 5.41) is 0. The normalized spacial score (nSPS) is 10.8. The summed E-state index contributed by atoms with van der Waals surface area (Å²) in [6, 6.07) is 9.09. The minimum atomic E-state index is -0.488. The van der Waals surface area contributed by atoms with Gasteiger partial charge in [-0.1, -0.05) is 12.1 Å². The van der Waals surface area contributed by atoms with Crippen LogP contribution in [0.15, 0.2) is 50.6 Å². The summed E-state index contributed by atoms with van der Waals surface area (Å²) in [5.74, 6) is 0.742. The maximum Gasteiger partial charge on any atom is 0.329 e. The smallest absolute Gasteiger partial charge is 0.329 e. The largest absolute Gasteiger partial charge is 0.497 e. The van der Waals surface area contributed by atoms with E-state index in [-0.39, 0.29) is 5.52 Å². The molecule has 1 N–H and O–H groups in total.